The molecule has 0 aliphatic carbocycles. The van der Waals surface area contributed by atoms with E-state index in [2.05, 4.69) is 10.3 Å². The summed E-state index contributed by atoms with van der Waals surface area (Å²) in [6.45, 7) is 4.13. The van der Waals surface area contributed by atoms with Crippen molar-refractivity contribution >= 4 is 35.1 Å². The number of nitro benzene ring substituents is 1. The number of ether oxygens (including phenoxy) is 1. The molecule has 1 fully saturated rings. The molecule has 3 aromatic rings. The summed E-state index contributed by atoms with van der Waals surface area (Å²) in [6.07, 6.45) is 1.33. The maximum absolute atomic E-state index is 14.2. The molecular formula is C28H27ClN6O5. The number of aromatic nitrogens is 1. The maximum Gasteiger partial charge on any atom is 0.326 e. The van der Waals surface area contributed by atoms with Gasteiger partial charge in [-0.25, -0.2) is 4.79 Å². The van der Waals surface area contributed by atoms with E-state index in [-0.39, 0.29) is 35.8 Å². The summed E-state index contributed by atoms with van der Waals surface area (Å²) in [5.41, 5.74) is 1.63. The lowest BCUT2D eigenvalue weighted by Crippen LogP contribution is -2.55. The first-order chi connectivity index (χ1) is 19.2. The third kappa shape index (κ3) is 5.46. The van der Waals surface area contributed by atoms with Crippen LogP contribution >= 0.6 is 11.6 Å². The standard InChI is InChI=1S/C28H27ClN6O5/c1-17(2)40-23-15-20(35(38)39)10-11-21(23)27-32-25(18-6-8-19(29)9-7-18)26(22-5-3-4-12-30-22)34(27)28(37)33-14-13-31-24(36)16-33/h3-12,15,17,25-26H,13-14,16H2,1-2H3,(H,31,36). The lowest BCUT2D eigenvalue weighted by atomic mass is 9.97. The molecule has 0 spiro atoms. The molecule has 1 N–H and O–H groups in total. The van der Waals surface area contributed by atoms with Gasteiger partial charge in [0.1, 0.15) is 30.2 Å². The second-order valence-electron chi connectivity index (χ2n) is 9.68. The summed E-state index contributed by atoms with van der Waals surface area (Å²) >= 11 is 6.17. The molecule has 2 unspecified atom stereocenters. The SMILES string of the molecule is CC(C)Oc1cc([N+](=O)[O-])ccc1C1=NC(c2ccc(Cl)cc2)C(c2ccccn2)N1C(=O)N1CCNC(=O)C1. The van der Waals surface area contributed by atoms with E-state index < -0.39 is 23.0 Å². The van der Waals surface area contributed by atoms with E-state index >= 15 is 0 Å². The smallest absolute Gasteiger partial charge is 0.326 e. The second-order valence-corrected chi connectivity index (χ2v) is 10.1. The van der Waals surface area contributed by atoms with Crippen molar-refractivity contribution in [1.82, 2.24) is 20.1 Å². The zero-order valence-corrected chi connectivity index (χ0v) is 22.6. The lowest BCUT2D eigenvalue weighted by molar-refractivity contribution is -0.384. The number of carbonyl (C=O) groups excluding carboxylic acids is 2. The number of amides is 3. The number of pyridine rings is 1. The molecule has 5 rings (SSSR count). The quantitative estimate of drug-likeness (QED) is 0.347. The van der Waals surface area contributed by atoms with Crippen LogP contribution in [-0.2, 0) is 4.79 Å². The fourth-order valence-electron chi connectivity index (χ4n) is 4.82. The highest BCUT2D eigenvalue weighted by Gasteiger charge is 2.46. The van der Waals surface area contributed by atoms with E-state index in [9.17, 15) is 19.7 Å². The van der Waals surface area contributed by atoms with Gasteiger partial charge in [0.15, 0.2) is 0 Å². The highest BCUT2D eigenvalue weighted by molar-refractivity contribution is 6.30. The summed E-state index contributed by atoms with van der Waals surface area (Å²) < 4.78 is 6.00. The average molecular weight is 563 g/mol. The van der Waals surface area contributed by atoms with Gasteiger partial charge in [-0.3, -0.25) is 29.8 Å². The van der Waals surface area contributed by atoms with Gasteiger partial charge in [-0.1, -0.05) is 29.8 Å². The minimum atomic E-state index is -0.683. The number of aliphatic imine (C=N–C) groups is 1. The summed E-state index contributed by atoms with van der Waals surface area (Å²) in [5, 5.41) is 14.9. The average Bonchev–Trinajstić information content (AvgIpc) is 3.33. The number of carbonyl (C=O) groups is 2. The van der Waals surface area contributed by atoms with Gasteiger partial charge in [0.05, 0.1) is 28.4 Å². The monoisotopic (exact) mass is 562 g/mol. The normalized spacial score (nSPS) is 18.9. The molecule has 1 aromatic heterocycles. The third-order valence-corrected chi connectivity index (χ3v) is 6.82. The molecule has 11 nitrogen and oxygen atoms in total. The summed E-state index contributed by atoms with van der Waals surface area (Å²) in [4.78, 5) is 50.1. The number of nitro groups is 1. The second kappa shape index (κ2) is 11.3. The molecule has 2 atom stereocenters. The Morgan fingerprint density at radius 2 is 1.95 bits per heavy atom. The predicted octanol–water partition coefficient (Wildman–Crippen LogP) is 4.53. The fourth-order valence-corrected chi connectivity index (χ4v) is 4.95. The molecule has 2 aliphatic heterocycles. The van der Waals surface area contributed by atoms with Crippen molar-refractivity contribution in [2.24, 2.45) is 4.99 Å². The van der Waals surface area contributed by atoms with Crippen LogP contribution in [0.15, 0.2) is 71.9 Å². The Labute approximate surface area is 235 Å². The number of rotatable bonds is 6. The molecular weight excluding hydrogens is 536 g/mol. The van der Waals surface area contributed by atoms with Gasteiger partial charge in [-0.2, -0.15) is 0 Å². The number of piperazine rings is 1. The maximum atomic E-state index is 14.2. The first-order valence-corrected chi connectivity index (χ1v) is 13.1. The van der Waals surface area contributed by atoms with E-state index in [1.165, 1.54) is 28.0 Å². The van der Waals surface area contributed by atoms with E-state index in [0.29, 0.717) is 29.4 Å². The van der Waals surface area contributed by atoms with Crippen LogP contribution < -0.4 is 10.1 Å². The molecule has 3 amide bonds. The van der Waals surface area contributed by atoms with Crippen LogP contribution in [0.2, 0.25) is 5.02 Å². The molecule has 1 saturated heterocycles. The van der Waals surface area contributed by atoms with Gasteiger partial charge in [0.2, 0.25) is 5.91 Å². The minimum absolute atomic E-state index is 0.112. The molecule has 2 aliphatic rings. The van der Waals surface area contributed by atoms with Crippen LogP contribution in [0, 0.1) is 10.1 Å². The van der Waals surface area contributed by atoms with Crippen molar-refractivity contribution in [2.75, 3.05) is 19.6 Å². The zero-order chi connectivity index (χ0) is 28.4. The number of nitrogens with zero attached hydrogens (tertiary/aromatic N) is 5. The molecule has 0 saturated carbocycles. The van der Waals surface area contributed by atoms with Gasteiger partial charge in [-0.05, 0) is 49.7 Å². The third-order valence-electron chi connectivity index (χ3n) is 6.56. The first kappa shape index (κ1) is 27.1. The molecule has 2 aromatic carbocycles. The summed E-state index contributed by atoms with van der Waals surface area (Å²) in [7, 11) is 0. The summed E-state index contributed by atoms with van der Waals surface area (Å²) in [6, 6.07) is 15.1. The Morgan fingerprint density at radius 3 is 2.60 bits per heavy atom. The van der Waals surface area contributed by atoms with Crippen molar-refractivity contribution in [2.45, 2.75) is 32.0 Å². The van der Waals surface area contributed by atoms with Crippen molar-refractivity contribution in [3.05, 3.63) is 98.8 Å². The Morgan fingerprint density at radius 1 is 1.18 bits per heavy atom. The van der Waals surface area contributed by atoms with Crippen molar-refractivity contribution < 1.29 is 19.2 Å². The highest BCUT2D eigenvalue weighted by atomic mass is 35.5. The van der Waals surface area contributed by atoms with Crippen LogP contribution in [0.4, 0.5) is 10.5 Å². The first-order valence-electron chi connectivity index (χ1n) is 12.8. The van der Waals surface area contributed by atoms with E-state index in [1.54, 1.807) is 24.4 Å². The number of hydrogen-bond acceptors (Lipinski definition) is 7. The van der Waals surface area contributed by atoms with Crippen molar-refractivity contribution in [3.8, 4) is 5.75 Å². The van der Waals surface area contributed by atoms with Gasteiger partial charge >= 0.3 is 6.03 Å². The van der Waals surface area contributed by atoms with Crippen LogP contribution in [0.1, 0.15) is 42.8 Å². The predicted molar refractivity (Wildman–Crippen MR) is 148 cm³/mol. The molecule has 3 heterocycles. The Kier molecular flexibility index (Phi) is 7.65. The Hall–Kier alpha value is -4.51. The number of nitrogens with one attached hydrogen (secondary N) is 1. The highest BCUT2D eigenvalue weighted by Crippen LogP contribution is 2.45. The van der Waals surface area contributed by atoms with Gasteiger partial charge in [-0.15, -0.1) is 0 Å². The van der Waals surface area contributed by atoms with Crippen LogP contribution in [0.25, 0.3) is 0 Å². The number of halogens is 1. The zero-order valence-electron chi connectivity index (χ0n) is 21.9. The minimum Gasteiger partial charge on any atom is -0.490 e. The number of benzene rings is 2. The molecule has 40 heavy (non-hydrogen) atoms. The van der Waals surface area contributed by atoms with Crippen LogP contribution in [0.3, 0.4) is 0 Å². The number of amidine groups is 1. The van der Waals surface area contributed by atoms with E-state index in [1.807, 2.05) is 38.1 Å². The van der Waals surface area contributed by atoms with Gasteiger partial charge in [0.25, 0.3) is 5.69 Å². The van der Waals surface area contributed by atoms with Gasteiger partial charge in [0, 0.05) is 30.4 Å². The lowest BCUT2D eigenvalue weighted by Gasteiger charge is -2.35. The largest absolute Gasteiger partial charge is 0.490 e. The number of urea groups is 1. The summed E-state index contributed by atoms with van der Waals surface area (Å²) in [5.74, 6) is 0.214. The molecule has 0 radical (unpaired) electrons. The molecule has 0 bridgehead atoms. The molecule has 12 heteroatoms. The Balaban J connectivity index is 1.71. The molecule has 206 valence electrons. The van der Waals surface area contributed by atoms with Crippen molar-refractivity contribution in [1.29, 1.82) is 0 Å². The van der Waals surface area contributed by atoms with E-state index in [0.717, 1.165) is 5.56 Å². The fraction of sp³-hybridized carbons (Fsp3) is 0.286. The van der Waals surface area contributed by atoms with Gasteiger partial charge < -0.3 is 15.0 Å². The van der Waals surface area contributed by atoms with Crippen molar-refractivity contribution in [3.63, 3.8) is 0 Å². The van der Waals surface area contributed by atoms with E-state index in [4.69, 9.17) is 21.3 Å². The Bertz CT molecular complexity index is 1460. The van der Waals surface area contributed by atoms with Crippen LogP contribution in [-0.4, -0.2) is 63.2 Å². The van der Waals surface area contributed by atoms with Crippen LogP contribution in [0.5, 0.6) is 5.75 Å². The topological polar surface area (TPSA) is 130 Å². The number of hydrogen-bond donors (Lipinski definition) is 1. The number of non-ortho nitro benzene ring substituents is 1.